The van der Waals surface area contributed by atoms with E-state index in [2.05, 4.69) is 24.2 Å². The van der Waals surface area contributed by atoms with Crippen molar-refractivity contribution in [2.75, 3.05) is 0 Å². The summed E-state index contributed by atoms with van der Waals surface area (Å²) in [5.41, 5.74) is 2.86. The first-order chi connectivity index (χ1) is 9.69. The van der Waals surface area contributed by atoms with Crippen LogP contribution in [0.15, 0.2) is 24.3 Å². The Morgan fingerprint density at radius 1 is 1.20 bits per heavy atom. The van der Waals surface area contributed by atoms with Gasteiger partial charge in [0.15, 0.2) is 0 Å². The van der Waals surface area contributed by atoms with E-state index in [0.717, 1.165) is 29.1 Å². The summed E-state index contributed by atoms with van der Waals surface area (Å²) in [6.07, 6.45) is 2.02. The van der Waals surface area contributed by atoms with E-state index in [4.69, 9.17) is 11.6 Å². The summed E-state index contributed by atoms with van der Waals surface area (Å²) in [5, 5.41) is 18.5. The summed E-state index contributed by atoms with van der Waals surface area (Å²) < 4.78 is 1.90. The van der Waals surface area contributed by atoms with Gasteiger partial charge in [0, 0.05) is 10.9 Å². The topological polar surface area (TPSA) is 50.9 Å². The Kier molecular flexibility index (Phi) is 5.15. The molecule has 0 spiro atoms. The van der Waals surface area contributed by atoms with Crippen LogP contribution < -0.4 is 0 Å². The lowest BCUT2D eigenvalue weighted by Gasteiger charge is -2.15. The van der Waals surface area contributed by atoms with Gasteiger partial charge in [0.1, 0.15) is 5.69 Å². The monoisotopic (exact) mass is 293 g/mol. The van der Waals surface area contributed by atoms with Gasteiger partial charge in [-0.25, -0.2) is 4.68 Å². The van der Waals surface area contributed by atoms with Crippen molar-refractivity contribution in [1.29, 1.82) is 0 Å². The summed E-state index contributed by atoms with van der Waals surface area (Å²) in [5.74, 6) is 0.374. The van der Waals surface area contributed by atoms with Crippen LogP contribution in [0.1, 0.15) is 49.6 Å². The number of rotatable bonds is 6. The molecule has 0 bridgehead atoms. The molecular formula is C15H20ClN3O. The molecule has 0 aliphatic carbocycles. The fourth-order valence-electron chi connectivity index (χ4n) is 2.47. The minimum Gasteiger partial charge on any atom is -0.390 e. The van der Waals surface area contributed by atoms with E-state index in [1.165, 1.54) is 0 Å². The highest BCUT2D eigenvalue weighted by molar-refractivity contribution is 6.30. The molecule has 5 heteroatoms. The maximum Gasteiger partial charge on any atom is 0.112 e. The van der Waals surface area contributed by atoms with Gasteiger partial charge in [-0.2, -0.15) is 0 Å². The lowest BCUT2D eigenvalue weighted by molar-refractivity contribution is 0.274. The van der Waals surface area contributed by atoms with Gasteiger partial charge in [0.2, 0.25) is 0 Å². The van der Waals surface area contributed by atoms with Crippen LogP contribution in [0, 0.1) is 0 Å². The van der Waals surface area contributed by atoms with Crippen LogP contribution >= 0.6 is 11.6 Å². The van der Waals surface area contributed by atoms with Crippen LogP contribution in [-0.4, -0.2) is 20.1 Å². The van der Waals surface area contributed by atoms with E-state index in [0.29, 0.717) is 18.2 Å². The van der Waals surface area contributed by atoms with Crippen LogP contribution in [0.2, 0.25) is 5.02 Å². The van der Waals surface area contributed by atoms with Crippen molar-refractivity contribution >= 4 is 11.6 Å². The number of aliphatic hydroxyl groups is 1. The number of aliphatic hydroxyl groups excluding tert-OH is 1. The van der Waals surface area contributed by atoms with E-state index in [9.17, 15) is 5.11 Å². The second-order valence-corrected chi connectivity index (χ2v) is 5.31. The van der Waals surface area contributed by atoms with Crippen LogP contribution in [0.25, 0.3) is 0 Å². The quantitative estimate of drug-likeness (QED) is 0.888. The molecule has 2 rings (SSSR count). The third-order valence-electron chi connectivity index (χ3n) is 3.61. The molecule has 1 heterocycles. The molecule has 0 aliphatic rings. The van der Waals surface area contributed by atoms with Crippen molar-refractivity contribution < 1.29 is 5.11 Å². The summed E-state index contributed by atoms with van der Waals surface area (Å²) in [6, 6.07) is 7.72. The van der Waals surface area contributed by atoms with Crippen molar-refractivity contribution in [3.05, 3.63) is 46.2 Å². The molecule has 0 amide bonds. The zero-order valence-electron chi connectivity index (χ0n) is 11.9. The Hall–Kier alpha value is -1.39. The van der Waals surface area contributed by atoms with Crippen LogP contribution in [-0.2, 0) is 13.2 Å². The minimum atomic E-state index is -0.0630. The average molecular weight is 294 g/mol. The standard InChI is InChI=1S/C15H20ClN3O/c1-3-12(4-2)15-14(10-20)17-18-19(15)9-11-5-7-13(16)8-6-11/h5-8,12,20H,3-4,9-10H2,1-2H3. The molecule has 0 unspecified atom stereocenters. The summed E-state index contributed by atoms with van der Waals surface area (Å²) >= 11 is 5.90. The first-order valence-electron chi connectivity index (χ1n) is 6.97. The van der Waals surface area contributed by atoms with E-state index in [-0.39, 0.29) is 6.61 Å². The van der Waals surface area contributed by atoms with Gasteiger partial charge in [-0.05, 0) is 30.5 Å². The smallest absolute Gasteiger partial charge is 0.112 e. The second-order valence-electron chi connectivity index (χ2n) is 4.88. The summed E-state index contributed by atoms with van der Waals surface area (Å²) in [6.45, 7) is 4.88. The zero-order chi connectivity index (χ0) is 14.5. The third kappa shape index (κ3) is 3.19. The predicted molar refractivity (Wildman–Crippen MR) is 79.8 cm³/mol. The van der Waals surface area contributed by atoms with E-state index in [1.54, 1.807) is 0 Å². The molecule has 20 heavy (non-hydrogen) atoms. The molecule has 2 aromatic rings. The highest BCUT2D eigenvalue weighted by Crippen LogP contribution is 2.26. The third-order valence-corrected chi connectivity index (χ3v) is 3.87. The maximum absolute atomic E-state index is 9.44. The molecule has 0 aliphatic heterocycles. The van der Waals surface area contributed by atoms with Gasteiger partial charge < -0.3 is 5.11 Å². The number of nitrogens with zero attached hydrogens (tertiary/aromatic N) is 3. The predicted octanol–water partition coefficient (Wildman–Crippen LogP) is 3.38. The fourth-order valence-corrected chi connectivity index (χ4v) is 2.60. The van der Waals surface area contributed by atoms with Crippen LogP contribution in [0.3, 0.4) is 0 Å². The van der Waals surface area contributed by atoms with Crippen LogP contribution in [0.5, 0.6) is 0 Å². The normalized spacial score (nSPS) is 11.2. The molecule has 108 valence electrons. The molecule has 0 saturated carbocycles. The van der Waals surface area contributed by atoms with Gasteiger partial charge in [-0.15, -0.1) is 5.10 Å². The molecule has 1 N–H and O–H groups in total. The highest BCUT2D eigenvalue weighted by atomic mass is 35.5. The number of halogens is 1. The Labute approximate surface area is 124 Å². The first kappa shape index (κ1) is 15.0. The van der Waals surface area contributed by atoms with Crippen LogP contribution in [0.4, 0.5) is 0 Å². The molecule has 0 radical (unpaired) electrons. The Bertz CT molecular complexity index is 547. The van der Waals surface area contributed by atoms with Crippen molar-refractivity contribution in [2.45, 2.75) is 45.8 Å². The second kappa shape index (κ2) is 6.86. The number of aromatic nitrogens is 3. The lowest BCUT2D eigenvalue weighted by Crippen LogP contribution is -2.11. The SMILES string of the molecule is CCC(CC)c1c(CO)nnn1Cc1ccc(Cl)cc1. The van der Waals surface area contributed by atoms with Gasteiger partial charge in [-0.1, -0.05) is 42.8 Å². The van der Waals surface area contributed by atoms with Gasteiger partial charge in [0.25, 0.3) is 0 Å². The van der Waals surface area contributed by atoms with E-state index in [1.807, 2.05) is 28.9 Å². The van der Waals surface area contributed by atoms with Crippen molar-refractivity contribution in [3.63, 3.8) is 0 Å². The van der Waals surface area contributed by atoms with Crippen molar-refractivity contribution in [3.8, 4) is 0 Å². The molecule has 0 saturated heterocycles. The molecule has 0 fully saturated rings. The number of benzene rings is 1. The zero-order valence-corrected chi connectivity index (χ0v) is 12.6. The largest absolute Gasteiger partial charge is 0.390 e. The molecular weight excluding hydrogens is 274 g/mol. The van der Waals surface area contributed by atoms with Gasteiger partial charge in [-0.3, -0.25) is 0 Å². The van der Waals surface area contributed by atoms with E-state index < -0.39 is 0 Å². The fraction of sp³-hybridized carbons (Fsp3) is 0.467. The number of hydrogen-bond acceptors (Lipinski definition) is 3. The Morgan fingerprint density at radius 2 is 1.85 bits per heavy atom. The summed E-state index contributed by atoms with van der Waals surface area (Å²) in [4.78, 5) is 0. The first-order valence-corrected chi connectivity index (χ1v) is 7.34. The Balaban J connectivity index is 2.31. The number of hydrogen-bond donors (Lipinski definition) is 1. The van der Waals surface area contributed by atoms with E-state index >= 15 is 0 Å². The maximum atomic E-state index is 9.44. The highest BCUT2D eigenvalue weighted by Gasteiger charge is 2.19. The Morgan fingerprint density at radius 3 is 2.40 bits per heavy atom. The molecule has 1 aromatic carbocycles. The minimum absolute atomic E-state index is 0.0630. The van der Waals surface area contributed by atoms with Gasteiger partial charge >= 0.3 is 0 Å². The average Bonchev–Trinajstić information content (AvgIpc) is 2.86. The summed E-state index contributed by atoms with van der Waals surface area (Å²) in [7, 11) is 0. The van der Waals surface area contributed by atoms with Crippen molar-refractivity contribution in [2.24, 2.45) is 0 Å². The molecule has 1 aromatic heterocycles. The molecule has 0 atom stereocenters. The van der Waals surface area contributed by atoms with Crippen molar-refractivity contribution in [1.82, 2.24) is 15.0 Å². The van der Waals surface area contributed by atoms with Gasteiger partial charge in [0.05, 0.1) is 18.8 Å². The molecule has 4 nitrogen and oxygen atoms in total. The lowest BCUT2D eigenvalue weighted by atomic mass is 9.97.